The van der Waals surface area contributed by atoms with Crippen LogP contribution in [0.5, 0.6) is 5.75 Å². The number of hydrogen-bond donors (Lipinski definition) is 2. The van der Waals surface area contributed by atoms with E-state index in [0.717, 1.165) is 33.3 Å². The van der Waals surface area contributed by atoms with Gasteiger partial charge in [-0.2, -0.15) is 0 Å². The summed E-state index contributed by atoms with van der Waals surface area (Å²) < 4.78 is 12.6. The minimum Gasteiger partial charge on any atom is -0.497 e. The van der Waals surface area contributed by atoms with Crippen LogP contribution in [0.4, 0.5) is 17.1 Å². The number of carbonyl (C=O) groups is 3. The fourth-order valence-electron chi connectivity index (χ4n) is 9.16. The van der Waals surface area contributed by atoms with Gasteiger partial charge in [-0.3, -0.25) is 19.3 Å². The summed E-state index contributed by atoms with van der Waals surface area (Å²) in [5, 5.41) is 11.8. The third kappa shape index (κ3) is 6.11. The van der Waals surface area contributed by atoms with E-state index in [1.807, 2.05) is 129 Å². The van der Waals surface area contributed by atoms with E-state index in [9.17, 15) is 19.5 Å². The maximum Gasteiger partial charge on any atom is 0.264 e. The van der Waals surface area contributed by atoms with E-state index in [2.05, 4.69) is 0 Å². The van der Waals surface area contributed by atoms with Gasteiger partial charge in [0.15, 0.2) is 13.9 Å². The zero-order valence-corrected chi connectivity index (χ0v) is 32.4. The van der Waals surface area contributed by atoms with Crippen molar-refractivity contribution in [3.8, 4) is 5.75 Å². The summed E-state index contributed by atoms with van der Waals surface area (Å²) in [5.74, 6) is -0.483. The number of methoxy groups -OCH3 is 1. The van der Waals surface area contributed by atoms with Gasteiger partial charge >= 0.3 is 0 Å². The van der Waals surface area contributed by atoms with Crippen molar-refractivity contribution in [3.63, 3.8) is 0 Å². The number of benzene rings is 5. The lowest BCUT2D eigenvalue weighted by Gasteiger charge is -2.32. The van der Waals surface area contributed by atoms with Crippen molar-refractivity contribution in [2.75, 3.05) is 30.1 Å². The van der Waals surface area contributed by atoms with Crippen molar-refractivity contribution in [3.05, 3.63) is 131 Å². The second-order valence-electron chi connectivity index (χ2n) is 15.4. The van der Waals surface area contributed by atoms with Gasteiger partial charge in [-0.25, -0.2) is 0 Å². The highest BCUT2D eigenvalue weighted by molar-refractivity contribution is 6.71. The highest BCUT2D eigenvalue weighted by atomic mass is 28.4. The van der Waals surface area contributed by atoms with Crippen LogP contribution in [-0.2, 0) is 33.0 Å². The number of aliphatic hydroxyl groups excluding tert-OH is 1. The summed E-state index contributed by atoms with van der Waals surface area (Å²) in [6, 6.07) is 34.5. The predicted octanol–water partition coefficient (Wildman–Crippen LogP) is 6.90. The second-order valence-corrected chi connectivity index (χ2v) is 19.3. The molecule has 2 N–H and O–H groups in total. The third-order valence-electron chi connectivity index (χ3n) is 11.6. The minimum atomic E-state index is -3.05. The van der Waals surface area contributed by atoms with E-state index < -0.39 is 31.5 Å². The summed E-state index contributed by atoms with van der Waals surface area (Å²) in [6.45, 7) is 6.10. The lowest BCUT2D eigenvalue weighted by atomic mass is 9.82. The van der Waals surface area contributed by atoms with Crippen molar-refractivity contribution in [2.24, 2.45) is 5.92 Å². The van der Waals surface area contributed by atoms with Crippen molar-refractivity contribution >= 4 is 53.9 Å². The molecule has 10 nitrogen and oxygen atoms in total. The molecule has 3 aliphatic rings. The highest BCUT2D eigenvalue weighted by Crippen LogP contribution is 2.60. The lowest BCUT2D eigenvalue weighted by molar-refractivity contribution is -0.150. The zero-order chi connectivity index (χ0) is 38.6. The molecule has 55 heavy (non-hydrogen) atoms. The molecular formula is C44H45N3O7Si. The summed E-state index contributed by atoms with van der Waals surface area (Å²) >= 11 is 0. The molecule has 4 atom stereocenters. The normalized spacial score (nSPS) is 21.5. The number of fused-ring (bicyclic) bond motifs is 2. The molecule has 3 aliphatic heterocycles. The maximum atomic E-state index is 15.0. The van der Waals surface area contributed by atoms with Gasteiger partial charge in [0.1, 0.15) is 5.75 Å². The van der Waals surface area contributed by atoms with Gasteiger partial charge < -0.3 is 29.2 Å². The van der Waals surface area contributed by atoms with E-state index in [0.29, 0.717) is 29.1 Å². The molecule has 1 saturated heterocycles. The van der Waals surface area contributed by atoms with Gasteiger partial charge in [-0.15, -0.1) is 0 Å². The molecule has 8 rings (SSSR count). The molecule has 0 aromatic heterocycles. The Bertz CT molecular complexity index is 2290. The fourth-order valence-corrected chi connectivity index (χ4v) is 11.7. The van der Waals surface area contributed by atoms with Gasteiger partial charge in [-0.05, 0) is 72.1 Å². The van der Waals surface area contributed by atoms with Crippen LogP contribution < -0.4 is 14.5 Å². The molecular weight excluding hydrogens is 711 g/mol. The van der Waals surface area contributed by atoms with Crippen LogP contribution in [-0.4, -0.2) is 67.2 Å². The molecule has 0 saturated carbocycles. The molecule has 0 unspecified atom stereocenters. The van der Waals surface area contributed by atoms with Crippen LogP contribution in [0.1, 0.15) is 40.4 Å². The van der Waals surface area contributed by atoms with Crippen LogP contribution in [0.25, 0.3) is 10.8 Å². The van der Waals surface area contributed by atoms with Crippen LogP contribution in [0.15, 0.2) is 109 Å². The Kier molecular flexibility index (Phi) is 9.37. The molecule has 11 heteroatoms. The first-order valence-electron chi connectivity index (χ1n) is 18.7. The SMILES string of the molecule is COc1ccc2c(c1)[C@@]1(O[C@H](CC(=O)N(CCO)Cc3ccccc3)[C@@H]([Si](C)(C)O)[C@@H]1C)C(=O)N2Cc1ccc(N2C(=O)c3cccc4cccc2c34)cc1. The van der Waals surface area contributed by atoms with Gasteiger partial charge in [-0.1, -0.05) is 73.7 Å². The summed E-state index contributed by atoms with van der Waals surface area (Å²) in [4.78, 5) is 59.5. The Labute approximate surface area is 321 Å². The van der Waals surface area contributed by atoms with Gasteiger partial charge in [0.2, 0.25) is 5.91 Å². The van der Waals surface area contributed by atoms with E-state index >= 15 is 4.79 Å². The first kappa shape index (κ1) is 36.6. The van der Waals surface area contributed by atoms with Crippen molar-refractivity contribution in [1.82, 2.24) is 4.90 Å². The number of amides is 3. The number of aliphatic hydroxyl groups is 1. The average Bonchev–Trinajstić information content (AvgIpc) is 3.73. The summed E-state index contributed by atoms with van der Waals surface area (Å²) in [6.07, 6.45) is -0.804. The van der Waals surface area contributed by atoms with E-state index in [1.54, 1.807) is 21.8 Å². The van der Waals surface area contributed by atoms with Crippen LogP contribution in [0.3, 0.4) is 0 Å². The van der Waals surface area contributed by atoms with Gasteiger partial charge in [0.05, 0.1) is 49.7 Å². The monoisotopic (exact) mass is 755 g/mol. The highest BCUT2D eigenvalue weighted by Gasteiger charge is 2.66. The topological polar surface area (TPSA) is 120 Å². The molecule has 0 bridgehead atoms. The molecule has 0 radical (unpaired) electrons. The predicted molar refractivity (Wildman–Crippen MR) is 214 cm³/mol. The molecule has 1 spiro atoms. The minimum absolute atomic E-state index is 0.0541. The molecule has 0 aliphatic carbocycles. The van der Waals surface area contributed by atoms with Crippen molar-refractivity contribution < 1.29 is 33.8 Å². The van der Waals surface area contributed by atoms with E-state index in [-0.39, 0.29) is 43.8 Å². The maximum absolute atomic E-state index is 15.0. The zero-order valence-electron chi connectivity index (χ0n) is 31.4. The van der Waals surface area contributed by atoms with Crippen LogP contribution >= 0.6 is 0 Å². The van der Waals surface area contributed by atoms with Crippen molar-refractivity contribution in [2.45, 2.75) is 56.8 Å². The first-order chi connectivity index (χ1) is 26.5. The Morgan fingerprint density at radius 1 is 0.909 bits per heavy atom. The van der Waals surface area contributed by atoms with E-state index in [1.165, 1.54) is 0 Å². The van der Waals surface area contributed by atoms with E-state index in [4.69, 9.17) is 9.47 Å². The fraction of sp³-hybridized carbons (Fsp3) is 0.295. The quantitative estimate of drug-likeness (QED) is 0.141. The Balaban J connectivity index is 1.10. The smallest absolute Gasteiger partial charge is 0.264 e. The molecule has 3 amide bonds. The van der Waals surface area contributed by atoms with Crippen LogP contribution in [0, 0.1) is 5.92 Å². The molecule has 5 aromatic rings. The van der Waals surface area contributed by atoms with Crippen molar-refractivity contribution in [1.29, 1.82) is 0 Å². The average molecular weight is 756 g/mol. The number of ether oxygens (including phenoxy) is 2. The van der Waals surface area contributed by atoms with Crippen LogP contribution in [0.2, 0.25) is 18.6 Å². The van der Waals surface area contributed by atoms with Gasteiger partial charge in [0.25, 0.3) is 11.8 Å². The first-order valence-corrected chi connectivity index (χ1v) is 21.8. The standard InChI is InChI=1S/C44H45N3O7Si/c1-28-41(55(3,4)52)38(25-39(49)45(22-23-48)26-29-10-6-5-7-11-29)54-44(28)35-24-33(53-2)20-21-36(35)46(43(44)51)27-30-16-18-32(19-17-30)47-37-15-9-13-31-12-8-14-34(40(31)37)42(47)50/h5-21,24,28,38,41,48,52H,22-23,25-27H2,1-4H3/t28-,38+,41-,44+/m0/s1. The number of anilines is 3. The Morgan fingerprint density at radius 2 is 1.64 bits per heavy atom. The second kappa shape index (κ2) is 14.1. The molecule has 282 valence electrons. The summed E-state index contributed by atoms with van der Waals surface area (Å²) in [5.41, 5.74) is 3.41. The number of carbonyl (C=O) groups excluding carboxylic acids is 3. The Hall–Kier alpha value is -5.33. The third-order valence-corrected chi connectivity index (χ3v) is 14.1. The molecule has 5 aromatic carbocycles. The lowest BCUT2D eigenvalue weighted by Crippen LogP contribution is -2.46. The van der Waals surface area contributed by atoms with Gasteiger partial charge in [0, 0.05) is 41.2 Å². The summed E-state index contributed by atoms with van der Waals surface area (Å²) in [7, 11) is -1.48. The molecule has 1 fully saturated rings. The molecule has 3 heterocycles. The Morgan fingerprint density at radius 3 is 2.33 bits per heavy atom. The largest absolute Gasteiger partial charge is 0.497 e. The number of hydrogen-bond acceptors (Lipinski definition) is 7. The number of rotatable bonds is 11. The number of nitrogens with zero attached hydrogens (tertiary/aromatic N) is 3.